The highest BCUT2D eigenvalue weighted by molar-refractivity contribution is 5.97. The minimum absolute atomic E-state index is 0.190. The SMILES string of the molecule is CC(C)C1c2cccc(C(=O)NN)c21. The van der Waals surface area contributed by atoms with Gasteiger partial charge in [0.25, 0.3) is 5.91 Å². The molecule has 0 saturated heterocycles. The van der Waals surface area contributed by atoms with Crippen LogP contribution in [0.5, 0.6) is 0 Å². The fourth-order valence-corrected chi connectivity index (χ4v) is 2.08. The molecule has 0 radical (unpaired) electrons. The number of hydrazine groups is 1. The molecule has 0 aliphatic heterocycles. The molecule has 0 bridgehead atoms. The Morgan fingerprint density at radius 1 is 1.50 bits per heavy atom. The Morgan fingerprint density at radius 2 is 2.21 bits per heavy atom. The standard InChI is InChI=1S/C11H14N2O/c1-6(2)9-7-4-3-5-8(10(7)9)11(14)13-12/h3-6,9H,12H2,1-2H3,(H,13,14). The average Bonchev–Trinajstić information content (AvgIpc) is 2.90. The van der Waals surface area contributed by atoms with Crippen LogP contribution in [0, 0.1) is 5.92 Å². The first-order valence-corrected chi connectivity index (χ1v) is 4.80. The van der Waals surface area contributed by atoms with Crippen molar-refractivity contribution < 1.29 is 4.79 Å². The van der Waals surface area contributed by atoms with Gasteiger partial charge in [-0.1, -0.05) is 26.0 Å². The largest absolute Gasteiger partial charge is 0.290 e. The van der Waals surface area contributed by atoms with Crippen LogP contribution in [0.4, 0.5) is 0 Å². The highest BCUT2D eigenvalue weighted by atomic mass is 16.2. The highest BCUT2D eigenvalue weighted by Crippen LogP contribution is 2.50. The number of carbonyl (C=O) groups is 1. The maximum Gasteiger partial charge on any atom is 0.265 e. The number of benzene rings is 1. The van der Waals surface area contributed by atoms with Crippen molar-refractivity contribution in [3.05, 3.63) is 34.9 Å². The molecule has 0 heterocycles. The van der Waals surface area contributed by atoms with Crippen molar-refractivity contribution in [1.82, 2.24) is 5.43 Å². The zero-order valence-electron chi connectivity index (χ0n) is 8.37. The molecule has 2 rings (SSSR count). The van der Waals surface area contributed by atoms with Crippen LogP contribution in [-0.4, -0.2) is 5.91 Å². The molecule has 1 atom stereocenters. The lowest BCUT2D eigenvalue weighted by molar-refractivity contribution is 0.0953. The number of amides is 1. The Balaban J connectivity index is 2.36. The number of fused-ring (bicyclic) bond motifs is 1. The Bertz CT molecular complexity index is 385. The van der Waals surface area contributed by atoms with E-state index in [9.17, 15) is 4.79 Å². The molecule has 1 aliphatic rings. The topological polar surface area (TPSA) is 55.1 Å². The zero-order chi connectivity index (χ0) is 10.3. The van der Waals surface area contributed by atoms with Crippen molar-refractivity contribution in [1.29, 1.82) is 0 Å². The Morgan fingerprint density at radius 3 is 2.79 bits per heavy atom. The van der Waals surface area contributed by atoms with Gasteiger partial charge in [-0.3, -0.25) is 10.2 Å². The molecule has 3 nitrogen and oxygen atoms in total. The first-order valence-electron chi connectivity index (χ1n) is 4.80. The van der Waals surface area contributed by atoms with Gasteiger partial charge in [-0.05, 0) is 23.1 Å². The van der Waals surface area contributed by atoms with E-state index in [4.69, 9.17) is 5.84 Å². The van der Waals surface area contributed by atoms with Crippen molar-refractivity contribution >= 4 is 5.91 Å². The van der Waals surface area contributed by atoms with E-state index in [2.05, 4.69) is 25.3 Å². The Hall–Kier alpha value is -1.35. The van der Waals surface area contributed by atoms with Crippen molar-refractivity contribution in [2.45, 2.75) is 19.8 Å². The van der Waals surface area contributed by atoms with Crippen LogP contribution in [0.2, 0.25) is 0 Å². The molecule has 1 aromatic rings. The molecule has 14 heavy (non-hydrogen) atoms. The van der Waals surface area contributed by atoms with Gasteiger partial charge in [-0.2, -0.15) is 0 Å². The van der Waals surface area contributed by atoms with Crippen LogP contribution in [0.3, 0.4) is 0 Å². The first-order chi connectivity index (χ1) is 6.66. The number of hydrogen-bond acceptors (Lipinski definition) is 2. The Kier molecular flexibility index (Phi) is 2.04. The molecule has 1 aliphatic carbocycles. The summed E-state index contributed by atoms with van der Waals surface area (Å²) in [7, 11) is 0. The number of nitrogens with one attached hydrogen (secondary N) is 1. The number of carbonyl (C=O) groups excluding carboxylic acids is 1. The van der Waals surface area contributed by atoms with Crippen LogP contribution < -0.4 is 11.3 Å². The fourth-order valence-electron chi connectivity index (χ4n) is 2.08. The van der Waals surface area contributed by atoms with Gasteiger partial charge in [0.05, 0.1) is 0 Å². The molecule has 1 amide bonds. The van der Waals surface area contributed by atoms with Gasteiger partial charge in [0.1, 0.15) is 0 Å². The molecule has 0 saturated carbocycles. The van der Waals surface area contributed by atoms with E-state index in [-0.39, 0.29) is 5.91 Å². The van der Waals surface area contributed by atoms with E-state index < -0.39 is 0 Å². The highest BCUT2D eigenvalue weighted by Gasteiger charge is 2.38. The van der Waals surface area contributed by atoms with Crippen molar-refractivity contribution in [3.63, 3.8) is 0 Å². The monoisotopic (exact) mass is 190 g/mol. The molecule has 3 heteroatoms. The summed E-state index contributed by atoms with van der Waals surface area (Å²) in [6.07, 6.45) is 0. The molecule has 0 spiro atoms. The van der Waals surface area contributed by atoms with Crippen LogP contribution >= 0.6 is 0 Å². The summed E-state index contributed by atoms with van der Waals surface area (Å²) in [5.74, 6) is 5.94. The molecule has 1 unspecified atom stereocenters. The molecular weight excluding hydrogens is 176 g/mol. The third kappa shape index (κ3) is 1.21. The summed E-state index contributed by atoms with van der Waals surface area (Å²) in [6.45, 7) is 4.32. The van der Waals surface area contributed by atoms with Gasteiger partial charge >= 0.3 is 0 Å². The molecule has 3 N–H and O–H groups in total. The summed E-state index contributed by atoms with van der Waals surface area (Å²) < 4.78 is 0. The lowest BCUT2D eigenvalue weighted by Gasteiger charge is -2.01. The predicted molar refractivity (Wildman–Crippen MR) is 54.8 cm³/mol. The van der Waals surface area contributed by atoms with Gasteiger partial charge in [-0.25, -0.2) is 5.84 Å². The smallest absolute Gasteiger partial charge is 0.265 e. The quantitative estimate of drug-likeness (QED) is 0.420. The van der Waals surface area contributed by atoms with Crippen molar-refractivity contribution in [2.24, 2.45) is 11.8 Å². The summed E-state index contributed by atoms with van der Waals surface area (Å²) in [6, 6.07) is 5.81. The van der Waals surface area contributed by atoms with Crippen LogP contribution in [0.1, 0.15) is 41.3 Å². The maximum absolute atomic E-state index is 11.4. The minimum Gasteiger partial charge on any atom is -0.290 e. The molecule has 0 aromatic heterocycles. The van der Waals surface area contributed by atoms with Gasteiger partial charge in [0, 0.05) is 11.5 Å². The second kappa shape index (κ2) is 3.10. The second-order valence-corrected chi connectivity index (χ2v) is 4.00. The molecule has 1 aromatic carbocycles. The fraction of sp³-hybridized carbons (Fsp3) is 0.364. The lowest BCUT2D eigenvalue weighted by Crippen LogP contribution is -2.30. The van der Waals surface area contributed by atoms with Crippen molar-refractivity contribution in [2.75, 3.05) is 0 Å². The van der Waals surface area contributed by atoms with E-state index in [1.54, 1.807) is 0 Å². The summed E-state index contributed by atoms with van der Waals surface area (Å²) in [5, 5.41) is 0. The number of rotatable bonds is 2. The Labute approximate surface area is 83.3 Å². The van der Waals surface area contributed by atoms with Crippen molar-refractivity contribution in [3.8, 4) is 0 Å². The summed E-state index contributed by atoms with van der Waals surface area (Å²) >= 11 is 0. The zero-order valence-corrected chi connectivity index (χ0v) is 8.37. The van der Waals surface area contributed by atoms with Crippen LogP contribution in [0.25, 0.3) is 0 Å². The van der Waals surface area contributed by atoms with Gasteiger partial charge in [0.2, 0.25) is 0 Å². The number of nitrogen functional groups attached to an aromatic ring is 1. The minimum atomic E-state index is -0.190. The predicted octanol–water partition coefficient (Wildman–Crippen LogP) is 1.39. The van der Waals surface area contributed by atoms with Crippen LogP contribution in [-0.2, 0) is 0 Å². The average molecular weight is 190 g/mol. The van der Waals surface area contributed by atoms with Gasteiger partial charge in [0.15, 0.2) is 0 Å². The maximum atomic E-state index is 11.4. The van der Waals surface area contributed by atoms with E-state index in [0.717, 1.165) is 5.56 Å². The summed E-state index contributed by atoms with van der Waals surface area (Å²) in [5.41, 5.74) is 5.37. The molecular formula is C11H14N2O. The third-order valence-electron chi connectivity index (χ3n) is 2.74. The first kappa shape index (κ1) is 9.21. The number of hydrogen-bond donors (Lipinski definition) is 2. The van der Waals surface area contributed by atoms with E-state index in [1.807, 2.05) is 12.1 Å². The van der Waals surface area contributed by atoms with E-state index in [0.29, 0.717) is 11.8 Å². The summed E-state index contributed by atoms with van der Waals surface area (Å²) in [4.78, 5) is 11.4. The van der Waals surface area contributed by atoms with Crippen LogP contribution in [0.15, 0.2) is 18.2 Å². The van der Waals surface area contributed by atoms with E-state index in [1.165, 1.54) is 11.1 Å². The lowest BCUT2D eigenvalue weighted by atomic mass is 10.1. The normalized spacial score (nSPS) is 17.9. The number of nitrogens with two attached hydrogens (primary N) is 1. The van der Waals surface area contributed by atoms with Gasteiger partial charge < -0.3 is 0 Å². The molecule has 74 valence electrons. The van der Waals surface area contributed by atoms with Gasteiger partial charge in [-0.15, -0.1) is 0 Å². The molecule has 0 fully saturated rings. The van der Waals surface area contributed by atoms with E-state index >= 15 is 0 Å². The second-order valence-electron chi connectivity index (χ2n) is 4.00. The third-order valence-corrected chi connectivity index (χ3v) is 2.74.